The van der Waals surface area contributed by atoms with E-state index in [4.69, 9.17) is 21.6 Å². The topological polar surface area (TPSA) is 222 Å². The van der Waals surface area contributed by atoms with Crippen LogP contribution >= 0.6 is 11.6 Å². The molecule has 4 aromatic rings. The summed E-state index contributed by atoms with van der Waals surface area (Å²) in [4.78, 5) is 59.6. The number of nitrogens with one attached hydrogen (secondary N) is 5. The number of aromatic nitrogens is 1. The number of benzene rings is 3. The van der Waals surface area contributed by atoms with Crippen LogP contribution in [0, 0.1) is 38.9 Å². The molecule has 1 saturated carbocycles. The lowest BCUT2D eigenvalue weighted by atomic mass is 9.49. The van der Waals surface area contributed by atoms with Crippen molar-refractivity contribution >= 4 is 41.0 Å². The monoisotopic (exact) mass is 915 g/mol. The largest absolute Gasteiger partial charge is 0.489 e. The normalized spacial score (nSPS) is 19.8. The fourth-order valence-electron chi connectivity index (χ4n) is 9.11. The number of hydrogen-bond acceptors (Lipinski definition) is 11. The molecule has 66 heavy (non-hydrogen) atoms. The number of carbonyl (C=O) groups is 4. The second-order valence-electron chi connectivity index (χ2n) is 19.2. The summed E-state index contributed by atoms with van der Waals surface area (Å²) < 4.78 is 6.36. The molecule has 2 fully saturated rings. The molecule has 4 amide bonds. The Morgan fingerprint density at radius 3 is 2.21 bits per heavy atom. The first-order valence-corrected chi connectivity index (χ1v) is 22.3. The molecule has 1 aliphatic heterocycles. The summed E-state index contributed by atoms with van der Waals surface area (Å²) >= 11 is 6.24. The highest BCUT2D eigenvalue weighted by molar-refractivity contribution is 6.31. The van der Waals surface area contributed by atoms with Gasteiger partial charge in [-0.15, -0.1) is 0 Å². The number of carbonyl (C=O) groups excluding carboxylic acids is 4. The number of halogens is 1. The first-order valence-electron chi connectivity index (χ1n) is 22.0. The summed E-state index contributed by atoms with van der Waals surface area (Å²) in [6, 6.07) is 25.0. The minimum absolute atomic E-state index is 0.0304. The van der Waals surface area contributed by atoms with E-state index in [-0.39, 0.29) is 44.1 Å². The number of amides is 4. The fraction of sp³-hybridized carbons (Fsp3) is 0.420. The minimum atomic E-state index is -0.954. The van der Waals surface area contributed by atoms with Crippen LogP contribution in [-0.2, 0) is 20.9 Å². The lowest BCUT2D eigenvalue weighted by Crippen LogP contribution is -2.74. The highest BCUT2D eigenvalue weighted by atomic mass is 35.5. The first kappa shape index (κ1) is 48.9. The summed E-state index contributed by atoms with van der Waals surface area (Å²) in [5, 5.41) is 44.3. The van der Waals surface area contributed by atoms with Gasteiger partial charge in [0.1, 0.15) is 35.8 Å². The first-order chi connectivity index (χ1) is 31.2. The molecule has 346 valence electrons. The molecule has 0 spiro atoms. The van der Waals surface area contributed by atoms with Gasteiger partial charge < -0.3 is 41.3 Å². The standard InChI is InChI=1S/C50H58ClN9O6/c1-48(2,3)42(45(65)60-29-36(61)22-39(60)44(64)57-26-31-10-8-30(24-52)9-11-31)58-41(62)28-54-20-21-55-40-19-17-35(27-56-40)32-12-14-33(15-13-32)43(63)59-46-49(4,5)47(50(46,6)7)66-37-18-16-34(25-53)38(51)23-37/h8-19,23,27,36,39,42,46-47,54,61H,20-22,26,28-29H2,1-7H3,(H,55,56)(H,57,64)(H,58,62)(H,59,63)/t36-,39+,42-,46-,47-/m1/s1. The van der Waals surface area contributed by atoms with Gasteiger partial charge in [0, 0.05) is 72.9 Å². The smallest absolute Gasteiger partial charge is 0.251 e. The Bertz CT molecular complexity index is 2480. The van der Waals surface area contributed by atoms with Crippen molar-refractivity contribution in [3.8, 4) is 29.0 Å². The Hall–Kier alpha value is -6.52. The van der Waals surface area contributed by atoms with Gasteiger partial charge in [0.05, 0.1) is 34.9 Å². The van der Waals surface area contributed by atoms with Crippen molar-refractivity contribution < 1.29 is 29.0 Å². The Balaban J connectivity index is 0.936. The molecule has 1 saturated heterocycles. The maximum atomic E-state index is 13.9. The molecule has 2 aliphatic rings. The number of aliphatic hydroxyl groups is 1. The van der Waals surface area contributed by atoms with Crippen molar-refractivity contribution in [1.29, 1.82) is 10.5 Å². The van der Waals surface area contributed by atoms with E-state index in [9.17, 15) is 29.5 Å². The molecule has 0 bridgehead atoms. The third-order valence-electron chi connectivity index (χ3n) is 12.4. The zero-order valence-corrected chi connectivity index (χ0v) is 39.1. The fourth-order valence-corrected chi connectivity index (χ4v) is 9.32. The second kappa shape index (κ2) is 20.3. The van der Waals surface area contributed by atoms with Crippen LogP contribution in [0.4, 0.5) is 5.82 Å². The average Bonchev–Trinajstić information content (AvgIpc) is 3.69. The molecule has 0 unspecified atom stereocenters. The van der Waals surface area contributed by atoms with Crippen molar-refractivity contribution in [3.63, 3.8) is 0 Å². The summed E-state index contributed by atoms with van der Waals surface area (Å²) in [7, 11) is 0. The van der Waals surface area contributed by atoms with Gasteiger partial charge in [0.25, 0.3) is 5.91 Å². The van der Waals surface area contributed by atoms with Gasteiger partial charge >= 0.3 is 0 Å². The maximum absolute atomic E-state index is 13.9. The number of rotatable bonds is 16. The number of pyridine rings is 1. The van der Waals surface area contributed by atoms with Crippen LogP contribution in [0.5, 0.6) is 5.75 Å². The molecular formula is C50H58ClN9O6. The third kappa shape index (κ3) is 11.3. The predicted octanol–water partition coefficient (Wildman–Crippen LogP) is 5.57. The van der Waals surface area contributed by atoms with Crippen LogP contribution in [0.2, 0.25) is 5.02 Å². The zero-order valence-electron chi connectivity index (χ0n) is 38.4. The van der Waals surface area contributed by atoms with Crippen LogP contribution in [0.1, 0.15) is 81.9 Å². The number of nitriles is 2. The number of anilines is 1. The molecule has 1 aromatic heterocycles. The molecule has 6 N–H and O–H groups in total. The Kier molecular flexibility index (Phi) is 15.1. The predicted molar refractivity (Wildman–Crippen MR) is 251 cm³/mol. The van der Waals surface area contributed by atoms with Crippen molar-refractivity contribution in [2.24, 2.45) is 16.2 Å². The number of nitrogens with zero attached hydrogens (tertiary/aromatic N) is 4. The molecule has 0 radical (unpaired) electrons. The highest BCUT2D eigenvalue weighted by Gasteiger charge is 2.64. The number of ether oxygens (including phenoxy) is 1. The molecular weight excluding hydrogens is 858 g/mol. The number of β-amino-alcohol motifs (C(OH)–C–C–N with tert-alkyl or cyclic N) is 1. The molecule has 15 nitrogen and oxygen atoms in total. The molecule has 2 heterocycles. The van der Waals surface area contributed by atoms with Gasteiger partial charge in [-0.1, -0.05) is 84.3 Å². The van der Waals surface area contributed by atoms with E-state index in [2.05, 4.69) is 71.4 Å². The average molecular weight is 917 g/mol. The van der Waals surface area contributed by atoms with E-state index < -0.39 is 52.2 Å². The lowest BCUT2D eigenvalue weighted by Gasteiger charge is -2.63. The van der Waals surface area contributed by atoms with Gasteiger partial charge in [0.2, 0.25) is 17.7 Å². The van der Waals surface area contributed by atoms with Crippen molar-refractivity contribution in [2.75, 3.05) is 31.5 Å². The Labute approximate surface area is 391 Å². The van der Waals surface area contributed by atoms with Crippen LogP contribution in [0.3, 0.4) is 0 Å². The van der Waals surface area contributed by atoms with E-state index in [0.29, 0.717) is 46.4 Å². The SMILES string of the molecule is CC(C)(C)[C@H](NC(=O)CNCCNc1ccc(-c2ccc(C(=O)N[C@H]3C(C)(C)[C@H](Oc4ccc(C#N)c(Cl)c4)C3(C)C)cc2)cn1)C(=O)N1C[C@H](O)C[C@H]1C(=O)NCc1ccc(C#N)cc1. The van der Waals surface area contributed by atoms with E-state index in [1.165, 1.54) is 4.90 Å². The third-order valence-corrected chi connectivity index (χ3v) is 12.7. The quantitative estimate of drug-likeness (QED) is 0.0764. The van der Waals surface area contributed by atoms with Crippen molar-refractivity contribution in [3.05, 3.63) is 112 Å². The minimum Gasteiger partial charge on any atom is -0.489 e. The van der Waals surface area contributed by atoms with Gasteiger partial charge in [-0.2, -0.15) is 10.5 Å². The summed E-state index contributed by atoms with van der Waals surface area (Å²) in [6.07, 6.45) is 0.714. The number of aliphatic hydroxyl groups excluding tert-OH is 1. The van der Waals surface area contributed by atoms with Crippen LogP contribution in [0.15, 0.2) is 85.1 Å². The van der Waals surface area contributed by atoms with Crippen LogP contribution in [0.25, 0.3) is 11.1 Å². The highest BCUT2D eigenvalue weighted by Crippen LogP contribution is 2.55. The lowest BCUT2D eigenvalue weighted by molar-refractivity contribution is -0.164. The molecule has 1 aliphatic carbocycles. The van der Waals surface area contributed by atoms with E-state index in [1.807, 2.05) is 45.0 Å². The number of hydrogen-bond donors (Lipinski definition) is 6. The summed E-state index contributed by atoms with van der Waals surface area (Å²) in [6.45, 7) is 14.7. The Morgan fingerprint density at radius 2 is 1.61 bits per heavy atom. The molecule has 6 rings (SSSR count). The maximum Gasteiger partial charge on any atom is 0.251 e. The van der Waals surface area contributed by atoms with Crippen LogP contribution in [-0.4, -0.2) is 95.1 Å². The van der Waals surface area contributed by atoms with Crippen molar-refractivity contribution in [2.45, 2.75) is 91.8 Å². The van der Waals surface area contributed by atoms with Gasteiger partial charge in [-0.05, 0) is 65.1 Å². The van der Waals surface area contributed by atoms with Gasteiger partial charge in [-0.25, -0.2) is 4.98 Å². The molecule has 16 heteroatoms. The van der Waals surface area contributed by atoms with E-state index >= 15 is 0 Å². The van der Waals surface area contributed by atoms with Crippen LogP contribution < -0.4 is 31.3 Å². The van der Waals surface area contributed by atoms with E-state index in [0.717, 1.165) is 16.7 Å². The Morgan fingerprint density at radius 1 is 0.924 bits per heavy atom. The second-order valence-corrected chi connectivity index (χ2v) is 19.6. The summed E-state index contributed by atoms with van der Waals surface area (Å²) in [5.74, 6) is -0.229. The summed E-state index contributed by atoms with van der Waals surface area (Å²) in [5.41, 5.74) is 2.47. The van der Waals surface area contributed by atoms with E-state index in [1.54, 1.807) is 60.8 Å². The van der Waals surface area contributed by atoms with Gasteiger partial charge in [0.15, 0.2) is 0 Å². The van der Waals surface area contributed by atoms with Crippen molar-refractivity contribution in [1.82, 2.24) is 31.2 Å². The number of likely N-dealkylation sites (tertiary alicyclic amines) is 1. The zero-order chi connectivity index (χ0) is 48.0. The van der Waals surface area contributed by atoms with Gasteiger partial charge in [-0.3, -0.25) is 19.2 Å². The molecule has 3 aromatic carbocycles. The molecule has 3 atom stereocenters.